The van der Waals surface area contributed by atoms with Crippen molar-refractivity contribution in [2.24, 2.45) is 0 Å². The maximum atomic E-state index is 11.3. The van der Waals surface area contributed by atoms with Crippen LogP contribution in [0.1, 0.15) is 6.42 Å². The Morgan fingerprint density at radius 2 is 1.45 bits per heavy atom. The highest BCUT2D eigenvalue weighted by atomic mass is 33.1. The van der Waals surface area contributed by atoms with Crippen LogP contribution in [0.5, 0.6) is 0 Å². The van der Waals surface area contributed by atoms with Crippen molar-refractivity contribution in [3.63, 3.8) is 0 Å². The molecule has 4 heteroatoms. The highest BCUT2D eigenvalue weighted by molar-refractivity contribution is 8.62. The van der Waals surface area contributed by atoms with Gasteiger partial charge in [0.25, 0.3) is 0 Å². The van der Waals surface area contributed by atoms with Crippen LogP contribution in [-0.2, 0) is 19.7 Å². The van der Waals surface area contributed by atoms with Crippen molar-refractivity contribution < 1.29 is 8.42 Å². The maximum absolute atomic E-state index is 11.3. The molecule has 2 rings (SSSR count). The standard InChI is InChI=1S/C7H8O2S2/c8-10-6-3-1-2-4-7(5-6)11(10)9/h1-4,6-7H,5H2/t6-,7+,10-,11+. The quantitative estimate of drug-likeness (QED) is 0.523. The van der Waals surface area contributed by atoms with Gasteiger partial charge in [0, 0.05) is 0 Å². The monoisotopic (exact) mass is 188 g/mol. The Balaban J connectivity index is 2.40. The van der Waals surface area contributed by atoms with Gasteiger partial charge in [-0.15, -0.1) is 0 Å². The van der Waals surface area contributed by atoms with Crippen molar-refractivity contribution in [3.8, 4) is 0 Å². The van der Waals surface area contributed by atoms with Gasteiger partial charge in [0.05, 0.1) is 10.5 Å². The van der Waals surface area contributed by atoms with E-state index in [9.17, 15) is 8.42 Å². The molecule has 0 aromatic carbocycles. The minimum Gasteiger partial charge on any atom is -0.245 e. The highest BCUT2D eigenvalue weighted by Gasteiger charge is 2.36. The van der Waals surface area contributed by atoms with Gasteiger partial charge in [-0.2, -0.15) is 0 Å². The lowest BCUT2D eigenvalue weighted by Crippen LogP contribution is -2.06. The molecule has 1 aliphatic carbocycles. The first-order valence-corrected chi connectivity index (χ1v) is 6.40. The highest BCUT2D eigenvalue weighted by Crippen LogP contribution is 2.27. The van der Waals surface area contributed by atoms with Gasteiger partial charge < -0.3 is 0 Å². The lowest BCUT2D eigenvalue weighted by atomic mass is 10.2. The fraction of sp³-hybridized carbons (Fsp3) is 0.429. The molecule has 1 heterocycles. The molecule has 2 aliphatic rings. The van der Waals surface area contributed by atoms with E-state index in [1.807, 2.05) is 24.3 Å². The van der Waals surface area contributed by atoms with Crippen molar-refractivity contribution in [2.45, 2.75) is 16.9 Å². The zero-order chi connectivity index (χ0) is 7.84. The van der Waals surface area contributed by atoms with Gasteiger partial charge in [-0.3, -0.25) is 0 Å². The third-order valence-corrected chi connectivity index (χ3v) is 6.35. The maximum Gasteiger partial charge on any atom is 0.118 e. The minimum atomic E-state index is -1.15. The SMILES string of the molecule is O=[S@@]1[C@H]2C=CC=C[C@H](C2)[S@@]1=O. The van der Waals surface area contributed by atoms with E-state index in [-0.39, 0.29) is 10.5 Å². The van der Waals surface area contributed by atoms with E-state index in [1.54, 1.807) is 0 Å². The molecule has 11 heavy (non-hydrogen) atoms. The predicted molar refractivity (Wildman–Crippen MR) is 46.8 cm³/mol. The second-order valence-corrected chi connectivity index (χ2v) is 6.83. The van der Waals surface area contributed by atoms with Gasteiger partial charge in [0.15, 0.2) is 0 Å². The van der Waals surface area contributed by atoms with Crippen molar-refractivity contribution in [2.75, 3.05) is 0 Å². The fourth-order valence-corrected chi connectivity index (χ4v) is 5.39. The Hall–Kier alpha value is -0.220. The van der Waals surface area contributed by atoms with Gasteiger partial charge in [0.1, 0.15) is 19.7 Å². The van der Waals surface area contributed by atoms with Crippen molar-refractivity contribution in [3.05, 3.63) is 24.3 Å². The fourth-order valence-electron chi connectivity index (χ4n) is 1.29. The Morgan fingerprint density at radius 1 is 1.00 bits per heavy atom. The van der Waals surface area contributed by atoms with Crippen molar-refractivity contribution >= 4 is 19.7 Å². The van der Waals surface area contributed by atoms with Crippen LogP contribution in [0.25, 0.3) is 0 Å². The first-order chi connectivity index (χ1) is 5.29. The number of hydrogen-bond donors (Lipinski definition) is 0. The molecule has 1 fully saturated rings. The molecular formula is C7H8O2S2. The van der Waals surface area contributed by atoms with Crippen LogP contribution in [-0.4, -0.2) is 18.9 Å². The average Bonchev–Trinajstić information content (AvgIpc) is 2.31. The summed E-state index contributed by atoms with van der Waals surface area (Å²) >= 11 is 0. The Labute approximate surface area is 69.7 Å². The van der Waals surface area contributed by atoms with Gasteiger partial charge in [0.2, 0.25) is 0 Å². The largest absolute Gasteiger partial charge is 0.245 e. The van der Waals surface area contributed by atoms with Crippen LogP contribution in [0.4, 0.5) is 0 Å². The molecule has 0 spiro atoms. The van der Waals surface area contributed by atoms with Crippen LogP contribution in [0.2, 0.25) is 0 Å². The van der Waals surface area contributed by atoms with E-state index < -0.39 is 19.7 Å². The molecule has 60 valence electrons. The van der Waals surface area contributed by atoms with E-state index in [1.165, 1.54) is 0 Å². The summed E-state index contributed by atoms with van der Waals surface area (Å²) < 4.78 is 22.5. The molecule has 0 amide bonds. The molecule has 0 aromatic rings. The molecule has 1 aliphatic heterocycles. The summed E-state index contributed by atoms with van der Waals surface area (Å²) in [4.78, 5) is 0. The van der Waals surface area contributed by atoms with Crippen molar-refractivity contribution in [1.82, 2.24) is 0 Å². The number of hydrogen-bond acceptors (Lipinski definition) is 2. The van der Waals surface area contributed by atoms with Crippen molar-refractivity contribution in [1.29, 1.82) is 0 Å². The molecule has 2 nitrogen and oxygen atoms in total. The zero-order valence-corrected chi connectivity index (χ0v) is 7.44. The smallest absolute Gasteiger partial charge is 0.118 e. The summed E-state index contributed by atoms with van der Waals surface area (Å²) in [6.45, 7) is 0. The van der Waals surface area contributed by atoms with E-state index >= 15 is 0 Å². The van der Waals surface area contributed by atoms with Crippen LogP contribution in [0, 0.1) is 0 Å². The second kappa shape index (κ2) is 2.68. The molecule has 0 N–H and O–H groups in total. The number of rotatable bonds is 0. The third-order valence-electron chi connectivity index (χ3n) is 1.88. The zero-order valence-electron chi connectivity index (χ0n) is 5.80. The summed E-state index contributed by atoms with van der Waals surface area (Å²) in [5.41, 5.74) is 0. The van der Waals surface area contributed by atoms with E-state index in [0.29, 0.717) is 0 Å². The predicted octanol–water partition coefficient (Wildman–Crippen LogP) is 0.666. The summed E-state index contributed by atoms with van der Waals surface area (Å²) in [6, 6.07) is 0. The van der Waals surface area contributed by atoms with E-state index in [0.717, 1.165) is 6.42 Å². The van der Waals surface area contributed by atoms with Gasteiger partial charge in [-0.1, -0.05) is 24.3 Å². The Morgan fingerprint density at radius 3 is 1.91 bits per heavy atom. The van der Waals surface area contributed by atoms with Gasteiger partial charge in [-0.05, 0) is 6.42 Å². The Bertz CT molecular complexity index is 252. The normalized spacial score (nSPS) is 47.6. The Kier molecular flexibility index (Phi) is 1.81. The first-order valence-electron chi connectivity index (χ1n) is 3.45. The molecule has 1 saturated heterocycles. The van der Waals surface area contributed by atoms with Crippen LogP contribution in [0.15, 0.2) is 24.3 Å². The second-order valence-electron chi connectivity index (χ2n) is 2.60. The summed E-state index contributed by atoms with van der Waals surface area (Å²) in [5.74, 6) is 0. The molecule has 0 aromatic heterocycles. The first kappa shape index (κ1) is 7.43. The van der Waals surface area contributed by atoms with Gasteiger partial charge in [-0.25, -0.2) is 8.42 Å². The molecule has 2 bridgehead atoms. The topological polar surface area (TPSA) is 34.1 Å². The van der Waals surface area contributed by atoms with Crippen LogP contribution >= 0.6 is 0 Å². The van der Waals surface area contributed by atoms with E-state index in [4.69, 9.17) is 0 Å². The molecule has 0 radical (unpaired) electrons. The van der Waals surface area contributed by atoms with E-state index in [2.05, 4.69) is 0 Å². The summed E-state index contributed by atoms with van der Waals surface area (Å²) in [6.07, 6.45) is 8.33. The molecule has 0 unspecified atom stereocenters. The number of allylic oxidation sites excluding steroid dienone is 2. The lowest BCUT2D eigenvalue weighted by Gasteiger charge is -1.96. The molecule has 4 atom stereocenters. The average molecular weight is 188 g/mol. The van der Waals surface area contributed by atoms with Crippen LogP contribution in [0.3, 0.4) is 0 Å². The number of fused-ring (bicyclic) bond motifs is 2. The van der Waals surface area contributed by atoms with Gasteiger partial charge >= 0.3 is 0 Å². The minimum absolute atomic E-state index is 0.0239. The summed E-state index contributed by atoms with van der Waals surface area (Å²) in [7, 11) is -2.30. The lowest BCUT2D eigenvalue weighted by molar-refractivity contribution is 0.678. The summed E-state index contributed by atoms with van der Waals surface area (Å²) in [5, 5.41) is 0.0478. The molecule has 0 saturated carbocycles. The van der Waals surface area contributed by atoms with Crippen LogP contribution < -0.4 is 0 Å². The third kappa shape index (κ3) is 1.14. The molecular weight excluding hydrogens is 180 g/mol.